The molecule has 14 heavy (non-hydrogen) atoms. The number of nitrogen functional groups attached to an aromatic ring is 1. The van der Waals surface area contributed by atoms with E-state index in [2.05, 4.69) is 10.4 Å². The molecule has 5 heteroatoms. The molecule has 0 aliphatic heterocycles. The van der Waals surface area contributed by atoms with Crippen molar-refractivity contribution in [2.24, 2.45) is 0 Å². The molecule has 2 rings (SSSR count). The SMILES string of the molecule is CNc1ccc(N)c2n[n+]([O-])ccc12. The fraction of sp³-hybridized carbons (Fsp3) is 0.111. The van der Waals surface area contributed by atoms with Gasteiger partial charge in [-0.15, -0.1) is 0 Å². The van der Waals surface area contributed by atoms with Gasteiger partial charge in [0.15, 0.2) is 5.52 Å². The summed E-state index contributed by atoms with van der Waals surface area (Å²) in [4.78, 5) is 0.498. The van der Waals surface area contributed by atoms with Gasteiger partial charge in [0.1, 0.15) is 0 Å². The Labute approximate surface area is 80.7 Å². The summed E-state index contributed by atoms with van der Waals surface area (Å²) in [6.45, 7) is 0. The third kappa shape index (κ3) is 1.19. The van der Waals surface area contributed by atoms with E-state index in [1.165, 1.54) is 6.20 Å². The fourth-order valence-corrected chi connectivity index (χ4v) is 1.39. The summed E-state index contributed by atoms with van der Waals surface area (Å²) in [6.07, 6.45) is 1.35. The first kappa shape index (κ1) is 8.55. The number of aromatic nitrogens is 2. The molecule has 0 saturated heterocycles. The largest absolute Gasteiger partial charge is 0.594 e. The molecule has 0 atom stereocenters. The molecule has 0 radical (unpaired) electrons. The van der Waals surface area contributed by atoms with Gasteiger partial charge in [0.05, 0.1) is 5.69 Å². The molecule has 0 fully saturated rings. The zero-order valence-corrected chi connectivity index (χ0v) is 7.69. The number of anilines is 2. The Kier molecular flexibility index (Phi) is 1.85. The molecular formula is C9H10N4O. The number of nitrogens with zero attached hydrogens (tertiary/aromatic N) is 2. The summed E-state index contributed by atoms with van der Waals surface area (Å²) < 4.78 is 0. The van der Waals surface area contributed by atoms with Gasteiger partial charge in [0, 0.05) is 29.3 Å². The molecule has 0 aliphatic rings. The number of nitrogens with two attached hydrogens (primary N) is 1. The van der Waals surface area contributed by atoms with Crippen LogP contribution in [0.2, 0.25) is 0 Å². The van der Waals surface area contributed by atoms with Gasteiger partial charge >= 0.3 is 0 Å². The smallest absolute Gasteiger partial charge is 0.210 e. The lowest BCUT2D eigenvalue weighted by molar-refractivity contribution is -0.666. The summed E-state index contributed by atoms with van der Waals surface area (Å²) >= 11 is 0. The molecular weight excluding hydrogens is 180 g/mol. The Morgan fingerprint density at radius 1 is 1.43 bits per heavy atom. The molecule has 0 saturated carbocycles. The van der Waals surface area contributed by atoms with Crippen LogP contribution < -0.4 is 15.9 Å². The topological polar surface area (TPSA) is 77.9 Å². The number of hydrogen-bond acceptors (Lipinski definition) is 4. The highest BCUT2D eigenvalue weighted by molar-refractivity contribution is 5.97. The molecule has 72 valence electrons. The van der Waals surface area contributed by atoms with E-state index in [0.29, 0.717) is 16.0 Å². The summed E-state index contributed by atoms with van der Waals surface area (Å²) in [5.41, 5.74) is 7.64. The van der Waals surface area contributed by atoms with Crippen molar-refractivity contribution in [2.75, 3.05) is 18.1 Å². The monoisotopic (exact) mass is 190 g/mol. The molecule has 0 amide bonds. The second kappa shape index (κ2) is 3.02. The van der Waals surface area contributed by atoms with E-state index in [1.54, 1.807) is 12.1 Å². The number of benzene rings is 1. The Balaban J connectivity index is 2.84. The number of rotatable bonds is 1. The second-order valence-corrected chi connectivity index (χ2v) is 2.93. The molecule has 0 aliphatic carbocycles. The van der Waals surface area contributed by atoms with Crippen molar-refractivity contribution in [3.8, 4) is 0 Å². The van der Waals surface area contributed by atoms with Gasteiger partial charge in [-0.2, -0.15) is 0 Å². The highest BCUT2D eigenvalue weighted by Crippen LogP contribution is 2.24. The summed E-state index contributed by atoms with van der Waals surface area (Å²) in [7, 11) is 1.81. The highest BCUT2D eigenvalue weighted by atomic mass is 16.5. The Morgan fingerprint density at radius 3 is 2.93 bits per heavy atom. The van der Waals surface area contributed by atoms with Crippen LogP contribution in [0.15, 0.2) is 24.4 Å². The van der Waals surface area contributed by atoms with Gasteiger partial charge < -0.3 is 16.3 Å². The van der Waals surface area contributed by atoms with E-state index in [9.17, 15) is 5.21 Å². The average molecular weight is 190 g/mol. The van der Waals surface area contributed by atoms with Gasteiger partial charge in [-0.05, 0) is 12.1 Å². The number of fused-ring (bicyclic) bond motifs is 1. The predicted octanol–water partition coefficient (Wildman–Crippen LogP) is 0.492. The lowest BCUT2D eigenvalue weighted by atomic mass is 10.1. The standard InChI is InChI=1S/C9H10N4O/c1-11-8-3-2-7(10)9-6(8)4-5-13(14)12-9/h2-5,11H,10H2,1H3. The maximum atomic E-state index is 11.0. The lowest BCUT2D eigenvalue weighted by Crippen LogP contribution is -2.30. The third-order valence-electron chi connectivity index (χ3n) is 2.08. The van der Waals surface area contributed by atoms with Gasteiger partial charge in [-0.1, -0.05) is 4.85 Å². The molecule has 0 spiro atoms. The van der Waals surface area contributed by atoms with Gasteiger partial charge in [-0.25, -0.2) is 0 Å². The van der Waals surface area contributed by atoms with E-state index in [-0.39, 0.29) is 0 Å². The van der Waals surface area contributed by atoms with Crippen molar-refractivity contribution in [2.45, 2.75) is 0 Å². The lowest BCUT2D eigenvalue weighted by Gasteiger charge is -2.05. The van der Waals surface area contributed by atoms with Crippen LogP contribution in [0, 0.1) is 5.21 Å². The fourth-order valence-electron chi connectivity index (χ4n) is 1.39. The van der Waals surface area contributed by atoms with Crippen molar-refractivity contribution in [3.05, 3.63) is 29.6 Å². The van der Waals surface area contributed by atoms with Crippen LogP contribution in [0.3, 0.4) is 0 Å². The quantitative estimate of drug-likeness (QED) is 0.390. The van der Waals surface area contributed by atoms with Crippen LogP contribution in [-0.4, -0.2) is 12.1 Å². The average Bonchev–Trinajstić information content (AvgIpc) is 2.19. The van der Waals surface area contributed by atoms with E-state index in [1.807, 2.05) is 13.1 Å². The summed E-state index contributed by atoms with van der Waals surface area (Å²) in [5, 5.41) is 18.6. The molecule has 1 aromatic heterocycles. The zero-order valence-electron chi connectivity index (χ0n) is 7.69. The Bertz CT molecular complexity index is 483. The van der Waals surface area contributed by atoms with Crippen molar-refractivity contribution in [1.82, 2.24) is 5.10 Å². The molecule has 5 nitrogen and oxygen atoms in total. The maximum Gasteiger partial charge on any atom is 0.210 e. The second-order valence-electron chi connectivity index (χ2n) is 2.93. The van der Waals surface area contributed by atoms with Crippen molar-refractivity contribution >= 4 is 22.3 Å². The zero-order chi connectivity index (χ0) is 10.1. The van der Waals surface area contributed by atoms with Crippen molar-refractivity contribution in [3.63, 3.8) is 0 Å². The minimum Gasteiger partial charge on any atom is -0.594 e. The highest BCUT2D eigenvalue weighted by Gasteiger charge is 2.07. The summed E-state index contributed by atoms with van der Waals surface area (Å²) in [5.74, 6) is 0. The maximum absolute atomic E-state index is 11.0. The Hall–Kier alpha value is -2.04. The first-order chi connectivity index (χ1) is 6.72. The van der Waals surface area contributed by atoms with Crippen molar-refractivity contribution < 1.29 is 4.85 Å². The van der Waals surface area contributed by atoms with Crippen LogP contribution in [-0.2, 0) is 0 Å². The minimum absolute atomic E-state index is 0.498. The van der Waals surface area contributed by atoms with Crippen LogP contribution in [0.25, 0.3) is 10.9 Å². The van der Waals surface area contributed by atoms with E-state index in [4.69, 9.17) is 5.73 Å². The van der Waals surface area contributed by atoms with Crippen molar-refractivity contribution in [1.29, 1.82) is 0 Å². The molecule has 2 aromatic rings. The van der Waals surface area contributed by atoms with Crippen LogP contribution in [0.1, 0.15) is 0 Å². The van der Waals surface area contributed by atoms with Crippen LogP contribution in [0.5, 0.6) is 0 Å². The summed E-state index contributed by atoms with van der Waals surface area (Å²) in [6, 6.07) is 5.27. The number of hydrogen-bond donors (Lipinski definition) is 2. The first-order valence-corrected chi connectivity index (χ1v) is 4.19. The first-order valence-electron chi connectivity index (χ1n) is 4.19. The predicted molar refractivity (Wildman–Crippen MR) is 54.7 cm³/mol. The number of nitrogens with one attached hydrogen (secondary N) is 1. The van der Waals surface area contributed by atoms with Gasteiger partial charge in [0.2, 0.25) is 6.20 Å². The van der Waals surface area contributed by atoms with Crippen LogP contribution >= 0.6 is 0 Å². The molecule has 1 heterocycles. The van der Waals surface area contributed by atoms with E-state index >= 15 is 0 Å². The third-order valence-corrected chi connectivity index (χ3v) is 2.08. The molecule has 0 unspecified atom stereocenters. The molecule has 0 bridgehead atoms. The van der Waals surface area contributed by atoms with E-state index in [0.717, 1.165) is 11.1 Å². The minimum atomic E-state index is 0.498. The van der Waals surface area contributed by atoms with Gasteiger partial charge in [-0.3, -0.25) is 0 Å². The van der Waals surface area contributed by atoms with E-state index < -0.39 is 0 Å². The normalized spacial score (nSPS) is 10.4. The molecule has 3 N–H and O–H groups in total. The van der Waals surface area contributed by atoms with Gasteiger partial charge in [0.25, 0.3) is 0 Å². The molecule has 1 aromatic carbocycles. The van der Waals surface area contributed by atoms with Crippen LogP contribution in [0.4, 0.5) is 11.4 Å². The Morgan fingerprint density at radius 2 is 2.21 bits per heavy atom.